The normalized spacial score (nSPS) is 17.5. The van der Waals surface area contributed by atoms with Crippen LogP contribution >= 0.6 is 0 Å². The fourth-order valence-corrected chi connectivity index (χ4v) is 2.60. The molecule has 1 aromatic heterocycles. The van der Waals surface area contributed by atoms with Crippen molar-refractivity contribution in [2.45, 2.75) is 19.4 Å². The predicted octanol–water partition coefficient (Wildman–Crippen LogP) is 2.35. The van der Waals surface area contributed by atoms with Gasteiger partial charge in [-0.05, 0) is 37.6 Å². The van der Waals surface area contributed by atoms with E-state index in [1.807, 2.05) is 37.3 Å². The lowest BCUT2D eigenvalue weighted by Crippen LogP contribution is -2.26. The van der Waals surface area contributed by atoms with E-state index in [2.05, 4.69) is 26.3 Å². The first-order chi connectivity index (χ1) is 10.2. The number of hydrogen-bond acceptors (Lipinski definition) is 5. The molecule has 1 aromatic carbocycles. The highest BCUT2D eigenvalue weighted by Gasteiger charge is 2.22. The monoisotopic (exact) mass is 279 g/mol. The van der Waals surface area contributed by atoms with Crippen molar-refractivity contribution in [3.8, 4) is 6.07 Å². The molecule has 0 saturated carbocycles. The van der Waals surface area contributed by atoms with E-state index >= 15 is 0 Å². The van der Waals surface area contributed by atoms with Crippen LogP contribution < -0.4 is 10.2 Å². The predicted molar refractivity (Wildman–Crippen MR) is 82.2 cm³/mol. The van der Waals surface area contributed by atoms with E-state index in [4.69, 9.17) is 5.26 Å². The lowest BCUT2D eigenvalue weighted by Gasteiger charge is -2.19. The first-order valence-electron chi connectivity index (χ1n) is 7.05. The van der Waals surface area contributed by atoms with Crippen LogP contribution in [0.1, 0.15) is 17.7 Å². The number of anilines is 2. The van der Waals surface area contributed by atoms with Gasteiger partial charge in [0.15, 0.2) is 0 Å². The molecule has 106 valence electrons. The minimum absolute atomic E-state index is 0.384. The first kappa shape index (κ1) is 13.4. The summed E-state index contributed by atoms with van der Waals surface area (Å²) in [4.78, 5) is 10.7. The molecule has 1 aliphatic rings. The van der Waals surface area contributed by atoms with Gasteiger partial charge in [0.2, 0.25) is 0 Å². The van der Waals surface area contributed by atoms with Crippen LogP contribution in [0.2, 0.25) is 0 Å². The second-order valence-electron chi connectivity index (χ2n) is 5.28. The Balaban J connectivity index is 1.63. The molecule has 2 heterocycles. The molecule has 0 spiro atoms. The Labute approximate surface area is 124 Å². The van der Waals surface area contributed by atoms with Gasteiger partial charge in [-0.15, -0.1) is 0 Å². The third kappa shape index (κ3) is 3.11. The van der Waals surface area contributed by atoms with Crippen LogP contribution in [0.4, 0.5) is 11.5 Å². The maximum atomic E-state index is 8.84. The number of nitrogens with one attached hydrogen (secondary N) is 1. The van der Waals surface area contributed by atoms with Crippen LogP contribution in [-0.4, -0.2) is 29.1 Å². The molecule has 0 bridgehead atoms. The number of nitrogens with zero attached hydrogens (tertiary/aromatic N) is 4. The SMILES string of the molecule is Cc1cc(NC2CCN(c3ccc(C#N)cc3)C2)ncn1. The highest BCUT2D eigenvalue weighted by atomic mass is 15.2. The summed E-state index contributed by atoms with van der Waals surface area (Å²) >= 11 is 0. The van der Waals surface area contributed by atoms with Crippen molar-refractivity contribution in [2.75, 3.05) is 23.3 Å². The van der Waals surface area contributed by atoms with E-state index in [1.54, 1.807) is 6.33 Å². The molecule has 0 aliphatic carbocycles. The van der Waals surface area contributed by atoms with Crippen LogP contribution in [0.5, 0.6) is 0 Å². The fourth-order valence-electron chi connectivity index (χ4n) is 2.60. The molecule has 21 heavy (non-hydrogen) atoms. The molecule has 1 aliphatic heterocycles. The summed E-state index contributed by atoms with van der Waals surface area (Å²) in [5.41, 5.74) is 2.83. The van der Waals surface area contributed by atoms with Gasteiger partial charge in [-0.25, -0.2) is 9.97 Å². The Kier molecular flexibility index (Phi) is 3.69. The first-order valence-corrected chi connectivity index (χ1v) is 7.05. The van der Waals surface area contributed by atoms with Gasteiger partial charge in [0.1, 0.15) is 12.1 Å². The van der Waals surface area contributed by atoms with Crippen molar-refractivity contribution >= 4 is 11.5 Å². The van der Waals surface area contributed by atoms with Crippen LogP contribution in [0.3, 0.4) is 0 Å². The van der Waals surface area contributed by atoms with Gasteiger partial charge in [0, 0.05) is 36.6 Å². The Morgan fingerprint density at radius 1 is 1.29 bits per heavy atom. The van der Waals surface area contributed by atoms with Gasteiger partial charge < -0.3 is 10.2 Å². The maximum Gasteiger partial charge on any atom is 0.129 e. The quantitative estimate of drug-likeness (QED) is 0.934. The second-order valence-corrected chi connectivity index (χ2v) is 5.28. The largest absolute Gasteiger partial charge is 0.369 e. The van der Waals surface area contributed by atoms with Crippen molar-refractivity contribution in [3.05, 3.63) is 47.9 Å². The fraction of sp³-hybridized carbons (Fsp3) is 0.312. The second kappa shape index (κ2) is 5.80. The van der Waals surface area contributed by atoms with E-state index in [9.17, 15) is 0 Å². The van der Waals surface area contributed by atoms with Gasteiger partial charge in [-0.3, -0.25) is 0 Å². The van der Waals surface area contributed by atoms with E-state index < -0.39 is 0 Å². The zero-order valence-electron chi connectivity index (χ0n) is 12.0. The molecule has 0 radical (unpaired) electrons. The van der Waals surface area contributed by atoms with Crippen molar-refractivity contribution in [2.24, 2.45) is 0 Å². The molecule has 1 saturated heterocycles. The van der Waals surface area contributed by atoms with Gasteiger partial charge in [0.05, 0.1) is 11.6 Å². The molecule has 5 nitrogen and oxygen atoms in total. The minimum atomic E-state index is 0.384. The van der Waals surface area contributed by atoms with E-state index in [0.29, 0.717) is 11.6 Å². The summed E-state index contributed by atoms with van der Waals surface area (Å²) < 4.78 is 0. The summed E-state index contributed by atoms with van der Waals surface area (Å²) in [6.07, 6.45) is 2.66. The number of benzene rings is 1. The molecular formula is C16H17N5. The number of aromatic nitrogens is 2. The van der Waals surface area contributed by atoms with Gasteiger partial charge in [-0.1, -0.05) is 0 Å². The van der Waals surface area contributed by atoms with Gasteiger partial charge in [0.25, 0.3) is 0 Å². The average molecular weight is 279 g/mol. The topological polar surface area (TPSA) is 64.8 Å². The lowest BCUT2D eigenvalue weighted by atomic mass is 10.2. The van der Waals surface area contributed by atoms with Crippen molar-refractivity contribution in [1.29, 1.82) is 5.26 Å². The minimum Gasteiger partial charge on any atom is -0.369 e. The van der Waals surface area contributed by atoms with Crippen molar-refractivity contribution in [1.82, 2.24) is 9.97 Å². The molecular weight excluding hydrogens is 262 g/mol. The molecule has 1 atom stereocenters. The van der Waals surface area contributed by atoms with Crippen LogP contribution in [0, 0.1) is 18.3 Å². The number of hydrogen-bond donors (Lipinski definition) is 1. The molecule has 3 rings (SSSR count). The maximum absolute atomic E-state index is 8.84. The molecule has 1 unspecified atom stereocenters. The van der Waals surface area contributed by atoms with E-state index in [1.165, 1.54) is 0 Å². The summed E-state index contributed by atoms with van der Waals surface area (Å²) in [5.74, 6) is 0.883. The summed E-state index contributed by atoms with van der Waals surface area (Å²) in [5, 5.41) is 12.3. The van der Waals surface area contributed by atoms with Crippen molar-refractivity contribution in [3.63, 3.8) is 0 Å². The Morgan fingerprint density at radius 3 is 2.81 bits per heavy atom. The van der Waals surface area contributed by atoms with Crippen molar-refractivity contribution < 1.29 is 0 Å². The van der Waals surface area contributed by atoms with Crippen LogP contribution in [0.25, 0.3) is 0 Å². The molecule has 5 heteroatoms. The number of aryl methyl sites for hydroxylation is 1. The molecule has 1 N–H and O–H groups in total. The zero-order chi connectivity index (χ0) is 14.7. The molecule has 2 aromatic rings. The zero-order valence-corrected chi connectivity index (χ0v) is 12.0. The van der Waals surface area contributed by atoms with Gasteiger partial charge >= 0.3 is 0 Å². The standard InChI is InChI=1S/C16H17N5/c1-12-8-16(19-11-18-12)20-14-6-7-21(10-14)15-4-2-13(9-17)3-5-15/h2-5,8,11,14H,6-7,10H2,1H3,(H,18,19,20). The summed E-state index contributed by atoms with van der Waals surface area (Å²) in [6, 6.07) is 12.2. The van der Waals surface area contributed by atoms with E-state index in [0.717, 1.165) is 36.7 Å². The highest BCUT2D eigenvalue weighted by Crippen LogP contribution is 2.22. The Morgan fingerprint density at radius 2 is 2.10 bits per heavy atom. The van der Waals surface area contributed by atoms with Gasteiger partial charge in [-0.2, -0.15) is 5.26 Å². The third-order valence-electron chi connectivity index (χ3n) is 3.71. The van der Waals surface area contributed by atoms with Crippen LogP contribution in [-0.2, 0) is 0 Å². The molecule has 1 fully saturated rings. The Bertz CT molecular complexity index is 659. The number of rotatable bonds is 3. The number of nitriles is 1. The smallest absolute Gasteiger partial charge is 0.129 e. The summed E-state index contributed by atoms with van der Waals surface area (Å²) in [7, 11) is 0. The third-order valence-corrected chi connectivity index (χ3v) is 3.71. The summed E-state index contributed by atoms with van der Waals surface area (Å²) in [6.45, 7) is 3.91. The Hall–Kier alpha value is -2.61. The van der Waals surface area contributed by atoms with E-state index in [-0.39, 0.29) is 0 Å². The lowest BCUT2D eigenvalue weighted by molar-refractivity contribution is 0.798. The van der Waals surface area contributed by atoms with Crippen LogP contribution in [0.15, 0.2) is 36.7 Å². The highest BCUT2D eigenvalue weighted by molar-refractivity contribution is 5.51. The molecule has 0 amide bonds. The average Bonchev–Trinajstić information content (AvgIpc) is 2.96.